The van der Waals surface area contributed by atoms with Gasteiger partial charge >= 0.3 is 0 Å². The van der Waals surface area contributed by atoms with E-state index in [-0.39, 0.29) is 17.4 Å². The molecule has 2 heterocycles. The molecule has 0 saturated heterocycles. The summed E-state index contributed by atoms with van der Waals surface area (Å²) in [6, 6.07) is 7.78. The number of hydrogen-bond donors (Lipinski definition) is 1. The minimum Gasteiger partial charge on any atom is -0.313 e. The molecule has 0 fully saturated rings. The van der Waals surface area contributed by atoms with E-state index in [2.05, 4.69) is 15.3 Å². The Labute approximate surface area is 111 Å². The van der Waals surface area contributed by atoms with Gasteiger partial charge < -0.3 is 5.32 Å². The quantitative estimate of drug-likeness (QED) is 0.888. The molecular weight excluding hydrogens is 240 g/mol. The van der Waals surface area contributed by atoms with Crippen molar-refractivity contribution in [2.75, 3.05) is 7.05 Å². The first-order chi connectivity index (χ1) is 9.21. The van der Waals surface area contributed by atoms with Gasteiger partial charge in [-0.25, -0.2) is 9.97 Å². The molecule has 0 amide bonds. The van der Waals surface area contributed by atoms with Gasteiger partial charge in [0.25, 0.3) is 0 Å². The van der Waals surface area contributed by atoms with Crippen molar-refractivity contribution >= 4 is 0 Å². The Morgan fingerprint density at radius 1 is 1.26 bits per heavy atom. The average Bonchev–Trinajstić information content (AvgIpc) is 2.89. The molecule has 0 bridgehead atoms. The fourth-order valence-electron chi connectivity index (χ4n) is 1.67. The van der Waals surface area contributed by atoms with Crippen LogP contribution in [0.2, 0.25) is 0 Å². The first-order valence-electron chi connectivity index (χ1n) is 5.72. The molecule has 0 saturated carbocycles. The van der Waals surface area contributed by atoms with Crippen LogP contribution < -0.4 is 5.32 Å². The monoisotopic (exact) mass is 252 g/mol. The van der Waals surface area contributed by atoms with E-state index in [1.54, 1.807) is 12.3 Å². The zero-order valence-corrected chi connectivity index (χ0v) is 10.6. The fourth-order valence-corrected chi connectivity index (χ4v) is 1.67. The number of rotatable bonds is 3. The van der Waals surface area contributed by atoms with E-state index in [1.807, 2.05) is 32.2 Å². The van der Waals surface area contributed by atoms with E-state index in [0.717, 1.165) is 5.56 Å². The number of hydrogen-bond acceptors (Lipinski definition) is 5. The molecule has 1 unspecified atom stereocenters. The standard InChI is InChI=1S/C13H12N6/c1-9(16-2)10-3-4-13(17-7-10)19-8-18-11(5-14)12(19)6-15/h3-4,7-9,16H,1-2H3. The number of pyridine rings is 1. The highest BCUT2D eigenvalue weighted by Gasteiger charge is 2.12. The topological polar surface area (TPSA) is 90.3 Å². The van der Waals surface area contributed by atoms with Crippen molar-refractivity contribution in [2.24, 2.45) is 0 Å². The number of nitriles is 2. The molecule has 0 aliphatic carbocycles. The summed E-state index contributed by atoms with van der Waals surface area (Å²) in [6.45, 7) is 2.03. The van der Waals surface area contributed by atoms with Crippen molar-refractivity contribution < 1.29 is 0 Å². The van der Waals surface area contributed by atoms with Gasteiger partial charge in [0.2, 0.25) is 0 Å². The van der Waals surface area contributed by atoms with Crippen LogP contribution in [0.15, 0.2) is 24.7 Å². The first-order valence-corrected chi connectivity index (χ1v) is 5.72. The summed E-state index contributed by atoms with van der Waals surface area (Å²) >= 11 is 0. The zero-order chi connectivity index (χ0) is 13.8. The van der Waals surface area contributed by atoms with Crippen LogP contribution in [0.5, 0.6) is 0 Å². The molecule has 0 spiro atoms. The lowest BCUT2D eigenvalue weighted by Gasteiger charge is -2.10. The highest BCUT2D eigenvalue weighted by molar-refractivity contribution is 5.41. The summed E-state index contributed by atoms with van der Waals surface area (Å²) in [5, 5.41) is 21.0. The predicted molar refractivity (Wildman–Crippen MR) is 68.3 cm³/mol. The Bertz CT molecular complexity index is 656. The maximum absolute atomic E-state index is 9.06. The maximum atomic E-state index is 9.06. The van der Waals surface area contributed by atoms with Crippen LogP contribution in [0.1, 0.15) is 29.9 Å². The van der Waals surface area contributed by atoms with E-state index < -0.39 is 0 Å². The molecule has 2 aromatic rings. The Balaban J connectivity index is 2.42. The maximum Gasteiger partial charge on any atom is 0.177 e. The van der Waals surface area contributed by atoms with Crippen molar-refractivity contribution in [3.05, 3.63) is 41.6 Å². The summed E-state index contributed by atoms with van der Waals surface area (Å²) < 4.78 is 1.51. The van der Waals surface area contributed by atoms with Crippen LogP contribution in [0.3, 0.4) is 0 Å². The molecule has 0 aliphatic heterocycles. The molecule has 94 valence electrons. The van der Waals surface area contributed by atoms with E-state index in [4.69, 9.17) is 10.5 Å². The smallest absolute Gasteiger partial charge is 0.177 e. The Hall–Kier alpha value is -2.70. The van der Waals surface area contributed by atoms with Gasteiger partial charge in [-0.2, -0.15) is 10.5 Å². The second-order valence-electron chi connectivity index (χ2n) is 4.00. The van der Waals surface area contributed by atoms with Crippen LogP contribution in [-0.2, 0) is 0 Å². The van der Waals surface area contributed by atoms with Crippen molar-refractivity contribution in [3.63, 3.8) is 0 Å². The molecule has 0 aliphatic rings. The van der Waals surface area contributed by atoms with Crippen LogP contribution in [0, 0.1) is 22.7 Å². The lowest BCUT2D eigenvalue weighted by atomic mass is 10.1. The summed E-state index contributed by atoms with van der Waals surface area (Å²) in [6.07, 6.45) is 3.17. The minimum absolute atomic E-state index is 0.108. The second-order valence-corrected chi connectivity index (χ2v) is 4.00. The molecule has 1 atom stereocenters. The lowest BCUT2D eigenvalue weighted by molar-refractivity contribution is 0.649. The Morgan fingerprint density at radius 3 is 2.58 bits per heavy atom. The third-order valence-electron chi connectivity index (χ3n) is 2.93. The molecule has 6 nitrogen and oxygen atoms in total. The number of nitrogens with zero attached hydrogens (tertiary/aromatic N) is 5. The Kier molecular flexibility index (Phi) is 3.56. The van der Waals surface area contributed by atoms with E-state index in [0.29, 0.717) is 5.82 Å². The van der Waals surface area contributed by atoms with Gasteiger partial charge in [-0.15, -0.1) is 0 Å². The van der Waals surface area contributed by atoms with E-state index in [9.17, 15) is 0 Å². The summed E-state index contributed by atoms with van der Waals surface area (Å²) in [4.78, 5) is 8.18. The largest absolute Gasteiger partial charge is 0.313 e. The zero-order valence-electron chi connectivity index (χ0n) is 10.6. The van der Waals surface area contributed by atoms with Crippen molar-refractivity contribution in [1.82, 2.24) is 19.9 Å². The van der Waals surface area contributed by atoms with Crippen LogP contribution in [-0.4, -0.2) is 21.6 Å². The fraction of sp³-hybridized carbons (Fsp3) is 0.231. The van der Waals surface area contributed by atoms with Gasteiger partial charge in [0.15, 0.2) is 11.4 Å². The van der Waals surface area contributed by atoms with Crippen molar-refractivity contribution in [3.8, 4) is 18.0 Å². The van der Waals surface area contributed by atoms with Crippen molar-refractivity contribution in [2.45, 2.75) is 13.0 Å². The number of aromatic nitrogens is 3. The van der Waals surface area contributed by atoms with Gasteiger partial charge in [-0.1, -0.05) is 6.07 Å². The van der Waals surface area contributed by atoms with Gasteiger partial charge in [-0.05, 0) is 25.6 Å². The van der Waals surface area contributed by atoms with Gasteiger partial charge in [-0.3, -0.25) is 4.57 Å². The van der Waals surface area contributed by atoms with E-state index in [1.165, 1.54) is 10.9 Å². The molecule has 2 aromatic heterocycles. The van der Waals surface area contributed by atoms with Crippen LogP contribution >= 0.6 is 0 Å². The van der Waals surface area contributed by atoms with E-state index >= 15 is 0 Å². The lowest BCUT2D eigenvalue weighted by Crippen LogP contribution is -2.12. The average molecular weight is 252 g/mol. The SMILES string of the molecule is CNC(C)c1ccc(-n2cnc(C#N)c2C#N)nc1. The van der Waals surface area contributed by atoms with Crippen molar-refractivity contribution in [1.29, 1.82) is 10.5 Å². The summed E-state index contributed by atoms with van der Waals surface area (Å²) in [5.74, 6) is 0.567. The predicted octanol–water partition coefficient (Wildman–Crippen LogP) is 1.29. The molecule has 0 radical (unpaired) electrons. The molecule has 6 heteroatoms. The molecular formula is C13H12N6. The molecule has 0 aromatic carbocycles. The minimum atomic E-state index is 0.108. The Morgan fingerprint density at radius 2 is 2.05 bits per heavy atom. The molecule has 1 N–H and O–H groups in total. The number of imidazole rings is 1. The van der Waals surface area contributed by atoms with Crippen LogP contribution in [0.4, 0.5) is 0 Å². The third-order valence-corrected chi connectivity index (χ3v) is 2.93. The highest BCUT2D eigenvalue weighted by atomic mass is 15.1. The van der Waals surface area contributed by atoms with Gasteiger partial charge in [0.05, 0.1) is 0 Å². The summed E-state index contributed by atoms with van der Waals surface area (Å²) in [7, 11) is 1.88. The first kappa shape index (κ1) is 12.7. The molecule has 2 rings (SSSR count). The van der Waals surface area contributed by atoms with Gasteiger partial charge in [0.1, 0.15) is 24.3 Å². The molecule has 19 heavy (non-hydrogen) atoms. The normalized spacial score (nSPS) is 11.6. The third kappa shape index (κ3) is 2.30. The summed E-state index contributed by atoms with van der Waals surface area (Å²) in [5.41, 5.74) is 1.35. The number of nitrogens with one attached hydrogen (secondary N) is 1. The van der Waals surface area contributed by atoms with Gasteiger partial charge in [0, 0.05) is 12.2 Å². The highest BCUT2D eigenvalue weighted by Crippen LogP contribution is 2.15. The second kappa shape index (κ2) is 5.30. The van der Waals surface area contributed by atoms with Crippen LogP contribution in [0.25, 0.3) is 5.82 Å².